The highest BCUT2D eigenvalue weighted by atomic mass is 16.6. The molecule has 3 nitrogen and oxygen atoms in total. The van der Waals surface area contributed by atoms with Crippen molar-refractivity contribution >= 4 is 5.97 Å². The summed E-state index contributed by atoms with van der Waals surface area (Å²) < 4.78 is 5.18. The molecule has 0 aliphatic rings. The first-order chi connectivity index (χ1) is 6.55. The van der Waals surface area contributed by atoms with Crippen LogP contribution in [-0.4, -0.2) is 18.1 Å². The molecule has 14 heavy (non-hydrogen) atoms. The Hall–Kier alpha value is -1.35. The SMILES string of the molecule is C=CC(C=C)(CC)OC(=O)C(=C)CN. The normalized spacial score (nSPS) is 10.4. The van der Waals surface area contributed by atoms with E-state index in [2.05, 4.69) is 19.7 Å². The Bertz CT molecular complexity index is 248. The molecule has 0 aromatic rings. The van der Waals surface area contributed by atoms with Gasteiger partial charge in [-0.2, -0.15) is 0 Å². The first-order valence-electron chi connectivity index (χ1n) is 4.43. The summed E-state index contributed by atoms with van der Waals surface area (Å²) in [6, 6.07) is 0. The third-order valence-corrected chi connectivity index (χ3v) is 2.06. The van der Waals surface area contributed by atoms with Gasteiger partial charge in [0.15, 0.2) is 0 Å². The molecule has 0 radical (unpaired) electrons. The predicted octanol–water partition coefficient (Wildman–Crippen LogP) is 1.57. The van der Waals surface area contributed by atoms with Crippen molar-refractivity contribution in [3.63, 3.8) is 0 Å². The second-order valence-corrected chi connectivity index (χ2v) is 2.91. The molecular weight excluding hydrogens is 178 g/mol. The zero-order chi connectivity index (χ0) is 11.2. The van der Waals surface area contributed by atoms with Crippen LogP contribution >= 0.6 is 0 Å². The fraction of sp³-hybridized carbons (Fsp3) is 0.364. The minimum atomic E-state index is -0.810. The molecule has 0 aromatic carbocycles. The molecular formula is C11H17NO2. The fourth-order valence-electron chi connectivity index (χ4n) is 0.856. The van der Waals surface area contributed by atoms with Gasteiger partial charge < -0.3 is 10.5 Å². The number of rotatable bonds is 6. The van der Waals surface area contributed by atoms with Gasteiger partial charge in [0.1, 0.15) is 5.60 Å². The van der Waals surface area contributed by atoms with E-state index in [-0.39, 0.29) is 12.1 Å². The third kappa shape index (κ3) is 2.85. The van der Waals surface area contributed by atoms with Crippen molar-refractivity contribution in [2.45, 2.75) is 18.9 Å². The monoisotopic (exact) mass is 195 g/mol. The van der Waals surface area contributed by atoms with Crippen LogP contribution in [0.5, 0.6) is 0 Å². The number of hydrogen-bond donors (Lipinski definition) is 1. The molecule has 3 heteroatoms. The molecule has 0 aromatic heterocycles. The lowest BCUT2D eigenvalue weighted by molar-refractivity contribution is -0.146. The van der Waals surface area contributed by atoms with Crippen molar-refractivity contribution in [3.8, 4) is 0 Å². The van der Waals surface area contributed by atoms with Gasteiger partial charge >= 0.3 is 5.97 Å². The summed E-state index contributed by atoms with van der Waals surface area (Å²) in [5, 5.41) is 0. The lowest BCUT2D eigenvalue weighted by Crippen LogP contribution is -2.31. The summed E-state index contributed by atoms with van der Waals surface area (Å²) in [6.45, 7) is 12.7. The van der Waals surface area contributed by atoms with Crippen LogP contribution in [0.2, 0.25) is 0 Å². The maximum absolute atomic E-state index is 11.4. The minimum Gasteiger partial charge on any atom is -0.447 e. The smallest absolute Gasteiger partial charge is 0.335 e. The van der Waals surface area contributed by atoms with Crippen molar-refractivity contribution in [1.29, 1.82) is 0 Å². The Morgan fingerprint density at radius 3 is 2.29 bits per heavy atom. The van der Waals surface area contributed by atoms with Crippen LogP contribution in [0.3, 0.4) is 0 Å². The van der Waals surface area contributed by atoms with Gasteiger partial charge in [0, 0.05) is 12.1 Å². The van der Waals surface area contributed by atoms with Crippen LogP contribution in [0.25, 0.3) is 0 Å². The first-order valence-corrected chi connectivity index (χ1v) is 4.43. The van der Waals surface area contributed by atoms with E-state index in [9.17, 15) is 4.79 Å². The molecule has 2 N–H and O–H groups in total. The van der Waals surface area contributed by atoms with Crippen LogP contribution < -0.4 is 5.73 Å². The minimum absolute atomic E-state index is 0.0902. The van der Waals surface area contributed by atoms with Crippen molar-refractivity contribution in [2.24, 2.45) is 5.73 Å². The van der Waals surface area contributed by atoms with E-state index < -0.39 is 11.6 Å². The number of hydrogen-bond acceptors (Lipinski definition) is 3. The van der Waals surface area contributed by atoms with Gasteiger partial charge in [-0.25, -0.2) is 4.79 Å². The predicted molar refractivity (Wildman–Crippen MR) is 57.7 cm³/mol. The molecule has 0 aliphatic heterocycles. The Labute approximate surface area is 84.9 Å². The molecule has 0 unspecified atom stereocenters. The topological polar surface area (TPSA) is 52.3 Å². The molecule has 0 saturated carbocycles. The molecule has 0 spiro atoms. The van der Waals surface area contributed by atoms with E-state index in [1.807, 2.05) is 6.92 Å². The second kappa shape index (κ2) is 5.40. The number of esters is 1. The van der Waals surface area contributed by atoms with Gasteiger partial charge in [0.25, 0.3) is 0 Å². The molecule has 78 valence electrons. The maximum Gasteiger partial charge on any atom is 0.335 e. The Kier molecular flexibility index (Phi) is 4.87. The van der Waals surface area contributed by atoms with E-state index in [0.717, 1.165) is 0 Å². The Morgan fingerprint density at radius 2 is 2.00 bits per heavy atom. The highest BCUT2D eigenvalue weighted by Crippen LogP contribution is 2.19. The van der Waals surface area contributed by atoms with Crippen molar-refractivity contribution in [2.75, 3.05) is 6.54 Å². The number of carbonyl (C=O) groups is 1. The summed E-state index contributed by atoms with van der Waals surface area (Å²) in [5.41, 5.74) is 4.70. The lowest BCUT2D eigenvalue weighted by Gasteiger charge is -2.25. The summed E-state index contributed by atoms with van der Waals surface area (Å²) in [7, 11) is 0. The zero-order valence-corrected chi connectivity index (χ0v) is 8.58. The van der Waals surface area contributed by atoms with Crippen LogP contribution in [0.4, 0.5) is 0 Å². The lowest BCUT2D eigenvalue weighted by atomic mass is 10.0. The van der Waals surface area contributed by atoms with E-state index in [1.54, 1.807) is 12.2 Å². The summed E-state index contributed by atoms with van der Waals surface area (Å²) >= 11 is 0. The average molecular weight is 195 g/mol. The number of ether oxygens (including phenoxy) is 1. The first kappa shape index (κ1) is 12.7. The summed E-state index contributed by atoms with van der Waals surface area (Å²) in [4.78, 5) is 11.4. The fourth-order valence-corrected chi connectivity index (χ4v) is 0.856. The standard InChI is InChI=1S/C11H17NO2/c1-5-11(6-2,7-3)14-10(13)9(4)8-12/h5-6H,1-2,4,7-8,12H2,3H3. The Morgan fingerprint density at radius 1 is 1.50 bits per heavy atom. The highest BCUT2D eigenvalue weighted by molar-refractivity contribution is 5.88. The van der Waals surface area contributed by atoms with Crippen molar-refractivity contribution in [1.82, 2.24) is 0 Å². The second-order valence-electron chi connectivity index (χ2n) is 2.91. The van der Waals surface area contributed by atoms with Gasteiger partial charge in [0.2, 0.25) is 0 Å². The van der Waals surface area contributed by atoms with Gasteiger partial charge in [-0.15, -0.1) is 0 Å². The molecule has 0 amide bonds. The number of nitrogens with two attached hydrogens (primary N) is 1. The third-order valence-electron chi connectivity index (χ3n) is 2.06. The van der Waals surface area contributed by atoms with Crippen LogP contribution in [0.15, 0.2) is 37.5 Å². The van der Waals surface area contributed by atoms with E-state index in [1.165, 1.54) is 0 Å². The maximum atomic E-state index is 11.4. The van der Waals surface area contributed by atoms with Crippen molar-refractivity contribution < 1.29 is 9.53 Å². The average Bonchev–Trinajstić information content (AvgIpc) is 2.24. The van der Waals surface area contributed by atoms with E-state index in [0.29, 0.717) is 6.42 Å². The molecule has 0 saturated heterocycles. The molecule has 0 heterocycles. The van der Waals surface area contributed by atoms with Gasteiger partial charge in [-0.1, -0.05) is 26.7 Å². The molecule has 0 aliphatic carbocycles. The molecule has 0 rings (SSSR count). The van der Waals surface area contributed by atoms with Crippen LogP contribution in [0.1, 0.15) is 13.3 Å². The molecule has 0 atom stereocenters. The summed E-state index contributed by atoms with van der Waals surface area (Å²) in [5.74, 6) is -0.505. The highest BCUT2D eigenvalue weighted by Gasteiger charge is 2.25. The van der Waals surface area contributed by atoms with Crippen LogP contribution in [-0.2, 0) is 9.53 Å². The van der Waals surface area contributed by atoms with E-state index >= 15 is 0 Å². The van der Waals surface area contributed by atoms with Crippen LogP contribution in [0, 0.1) is 0 Å². The largest absolute Gasteiger partial charge is 0.447 e. The number of carbonyl (C=O) groups excluding carboxylic acids is 1. The Balaban J connectivity index is 4.61. The van der Waals surface area contributed by atoms with Gasteiger partial charge in [-0.3, -0.25) is 0 Å². The van der Waals surface area contributed by atoms with Gasteiger partial charge in [0.05, 0.1) is 0 Å². The summed E-state index contributed by atoms with van der Waals surface area (Å²) in [6.07, 6.45) is 3.67. The molecule has 0 fully saturated rings. The zero-order valence-electron chi connectivity index (χ0n) is 8.58. The van der Waals surface area contributed by atoms with Gasteiger partial charge in [-0.05, 0) is 18.6 Å². The van der Waals surface area contributed by atoms with Crippen molar-refractivity contribution in [3.05, 3.63) is 37.5 Å². The molecule has 0 bridgehead atoms. The van der Waals surface area contributed by atoms with E-state index in [4.69, 9.17) is 10.5 Å². The quantitative estimate of drug-likeness (QED) is 0.397.